The lowest BCUT2D eigenvalue weighted by molar-refractivity contribution is 0.738. The van der Waals surface area contributed by atoms with Crippen molar-refractivity contribution in [1.82, 2.24) is 9.78 Å². The fourth-order valence-corrected chi connectivity index (χ4v) is 1.69. The number of nitriles is 1. The molecular weight excluding hydrogens is 226 g/mol. The van der Waals surface area contributed by atoms with Gasteiger partial charge in [0.1, 0.15) is 0 Å². The molecule has 5 nitrogen and oxygen atoms in total. The van der Waals surface area contributed by atoms with Crippen LogP contribution in [0, 0.1) is 18.3 Å². The lowest BCUT2D eigenvalue weighted by Crippen LogP contribution is -2.04. The number of nitrogens with one attached hydrogen (secondary N) is 1. The molecule has 3 N–H and O–H groups in total. The lowest BCUT2D eigenvalue weighted by atomic mass is 10.2. The number of hydrogen-bond donors (Lipinski definition) is 2. The van der Waals surface area contributed by atoms with Crippen molar-refractivity contribution in [1.29, 1.82) is 5.26 Å². The molecule has 0 spiro atoms. The summed E-state index contributed by atoms with van der Waals surface area (Å²) in [7, 11) is 1.91. The molecule has 5 heteroatoms. The van der Waals surface area contributed by atoms with Crippen LogP contribution in [0.5, 0.6) is 0 Å². The Labute approximate surface area is 106 Å². The summed E-state index contributed by atoms with van der Waals surface area (Å²) >= 11 is 0. The number of rotatable bonds is 3. The SMILES string of the molecule is Cc1c(CNc2cc(C#N)ccc2N)cnn1C. The van der Waals surface area contributed by atoms with Gasteiger partial charge in [0, 0.05) is 24.8 Å². The fraction of sp³-hybridized carbons (Fsp3) is 0.231. The predicted molar refractivity (Wildman–Crippen MR) is 70.8 cm³/mol. The van der Waals surface area contributed by atoms with Gasteiger partial charge in [-0.2, -0.15) is 10.4 Å². The highest BCUT2D eigenvalue weighted by atomic mass is 15.3. The Morgan fingerprint density at radius 1 is 1.50 bits per heavy atom. The quantitative estimate of drug-likeness (QED) is 0.803. The van der Waals surface area contributed by atoms with Gasteiger partial charge < -0.3 is 11.1 Å². The summed E-state index contributed by atoms with van der Waals surface area (Å²) in [5, 5.41) is 16.3. The van der Waals surface area contributed by atoms with Crippen LogP contribution in [0.3, 0.4) is 0 Å². The maximum Gasteiger partial charge on any atom is 0.0992 e. The van der Waals surface area contributed by atoms with Gasteiger partial charge in [-0.3, -0.25) is 4.68 Å². The molecule has 0 aliphatic heterocycles. The van der Waals surface area contributed by atoms with Gasteiger partial charge in [-0.1, -0.05) is 0 Å². The molecule has 18 heavy (non-hydrogen) atoms. The molecule has 0 bridgehead atoms. The summed E-state index contributed by atoms with van der Waals surface area (Å²) in [4.78, 5) is 0. The van der Waals surface area contributed by atoms with Crippen LogP contribution >= 0.6 is 0 Å². The summed E-state index contributed by atoms with van der Waals surface area (Å²) in [6.07, 6.45) is 1.83. The van der Waals surface area contributed by atoms with Gasteiger partial charge in [-0.25, -0.2) is 0 Å². The Morgan fingerprint density at radius 3 is 2.89 bits per heavy atom. The number of nitrogen functional groups attached to an aromatic ring is 1. The van der Waals surface area contributed by atoms with E-state index in [-0.39, 0.29) is 0 Å². The number of benzene rings is 1. The molecule has 0 atom stereocenters. The van der Waals surface area contributed by atoms with Crippen molar-refractivity contribution in [3.63, 3.8) is 0 Å². The van der Waals surface area contributed by atoms with Gasteiger partial charge in [0.15, 0.2) is 0 Å². The molecule has 0 saturated heterocycles. The second-order valence-corrected chi connectivity index (χ2v) is 4.15. The molecule has 0 radical (unpaired) electrons. The first-order valence-electron chi connectivity index (χ1n) is 5.63. The maximum atomic E-state index is 8.85. The predicted octanol–water partition coefficient (Wildman–Crippen LogP) is 1.79. The molecule has 0 saturated carbocycles. The first kappa shape index (κ1) is 12.0. The third-order valence-corrected chi connectivity index (χ3v) is 2.99. The summed E-state index contributed by atoms with van der Waals surface area (Å²) in [6, 6.07) is 7.28. The molecule has 2 rings (SSSR count). The molecule has 92 valence electrons. The average Bonchev–Trinajstić information content (AvgIpc) is 2.69. The van der Waals surface area contributed by atoms with Gasteiger partial charge in [0.05, 0.1) is 29.2 Å². The van der Waals surface area contributed by atoms with Crippen molar-refractivity contribution in [2.75, 3.05) is 11.1 Å². The third kappa shape index (κ3) is 2.28. The van der Waals surface area contributed by atoms with E-state index in [1.165, 1.54) is 0 Å². The second-order valence-electron chi connectivity index (χ2n) is 4.15. The van der Waals surface area contributed by atoms with Gasteiger partial charge >= 0.3 is 0 Å². The summed E-state index contributed by atoms with van der Waals surface area (Å²) in [5.41, 5.74) is 10.1. The lowest BCUT2D eigenvalue weighted by Gasteiger charge is -2.09. The number of nitrogens with two attached hydrogens (primary N) is 1. The van der Waals surface area contributed by atoms with Crippen LogP contribution < -0.4 is 11.1 Å². The van der Waals surface area contributed by atoms with E-state index >= 15 is 0 Å². The van der Waals surface area contributed by atoms with Crippen LogP contribution in [0.2, 0.25) is 0 Å². The first-order valence-corrected chi connectivity index (χ1v) is 5.63. The minimum absolute atomic E-state index is 0.592. The van der Waals surface area contributed by atoms with Gasteiger partial charge in [-0.05, 0) is 25.1 Å². The number of nitrogens with zero attached hydrogens (tertiary/aromatic N) is 3. The minimum atomic E-state index is 0.592. The smallest absolute Gasteiger partial charge is 0.0992 e. The van der Waals surface area contributed by atoms with Crippen molar-refractivity contribution < 1.29 is 0 Å². The average molecular weight is 241 g/mol. The molecular formula is C13H15N5. The summed E-state index contributed by atoms with van der Waals surface area (Å²) < 4.78 is 1.83. The zero-order chi connectivity index (χ0) is 13.1. The molecule has 0 fully saturated rings. The minimum Gasteiger partial charge on any atom is -0.397 e. The van der Waals surface area contributed by atoms with Crippen molar-refractivity contribution in [2.24, 2.45) is 7.05 Å². The standard InChI is InChI=1S/C13H15N5/c1-9-11(8-17-18(9)2)7-16-13-5-10(6-14)3-4-12(13)15/h3-5,8,16H,7,15H2,1-2H3. The van der Waals surface area contributed by atoms with E-state index in [1.54, 1.807) is 18.2 Å². The van der Waals surface area contributed by atoms with Crippen molar-refractivity contribution in [2.45, 2.75) is 13.5 Å². The topological polar surface area (TPSA) is 79.7 Å². The Balaban J connectivity index is 2.15. The van der Waals surface area contributed by atoms with E-state index < -0.39 is 0 Å². The van der Waals surface area contributed by atoms with Gasteiger partial charge in [0.2, 0.25) is 0 Å². The Hall–Kier alpha value is -2.48. The van der Waals surface area contributed by atoms with Gasteiger partial charge in [-0.15, -0.1) is 0 Å². The van der Waals surface area contributed by atoms with Crippen molar-refractivity contribution in [3.05, 3.63) is 41.2 Å². The molecule has 1 heterocycles. The molecule has 0 amide bonds. The van der Waals surface area contributed by atoms with Crippen molar-refractivity contribution >= 4 is 11.4 Å². The normalized spacial score (nSPS) is 10.1. The van der Waals surface area contributed by atoms with Crippen LogP contribution in [0.15, 0.2) is 24.4 Å². The van der Waals surface area contributed by atoms with Crippen LogP contribution in [-0.4, -0.2) is 9.78 Å². The zero-order valence-electron chi connectivity index (χ0n) is 10.4. The van der Waals surface area contributed by atoms with E-state index in [1.807, 2.05) is 24.9 Å². The Morgan fingerprint density at radius 2 is 2.28 bits per heavy atom. The summed E-state index contributed by atoms with van der Waals surface area (Å²) in [6.45, 7) is 2.65. The van der Waals surface area contributed by atoms with Crippen molar-refractivity contribution in [3.8, 4) is 6.07 Å². The molecule has 0 aliphatic rings. The highest BCUT2D eigenvalue weighted by Gasteiger charge is 2.05. The molecule has 0 aliphatic carbocycles. The van der Waals surface area contributed by atoms with Crippen LogP contribution in [0.4, 0.5) is 11.4 Å². The first-order chi connectivity index (χ1) is 8.61. The van der Waals surface area contributed by atoms with Gasteiger partial charge in [0.25, 0.3) is 0 Å². The number of hydrogen-bond acceptors (Lipinski definition) is 4. The second kappa shape index (κ2) is 4.80. The highest BCUT2D eigenvalue weighted by molar-refractivity contribution is 5.68. The number of anilines is 2. The largest absolute Gasteiger partial charge is 0.397 e. The number of aromatic nitrogens is 2. The maximum absolute atomic E-state index is 8.85. The van der Waals surface area contributed by atoms with Crippen LogP contribution in [-0.2, 0) is 13.6 Å². The van der Waals surface area contributed by atoms with E-state index in [0.717, 1.165) is 16.9 Å². The highest BCUT2D eigenvalue weighted by Crippen LogP contribution is 2.20. The Bertz CT molecular complexity index is 606. The zero-order valence-corrected chi connectivity index (χ0v) is 10.4. The fourth-order valence-electron chi connectivity index (χ4n) is 1.69. The molecule has 1 aromatic carbocycles. The molecule has 1 aromatic heterocycles. The molecule has 2 aromatic rings. The van der Waals surface area contributed by atoms with E-state index in [0.29, 0.717) is 17.8 Å². The Kier molecular flexibility index (Phi) is 3.20. The van der Waals surface area contributed by atoms with E-state index in [2.05, 4.69) is 16.5 Å². The number of aryl methyl sites for hydroxylation is 1. The van der Waals surface area contributed by atoms with Crippen LogP contribution in [0.25, 0.3) is 0 Å². The molecule has 0 unspecified atom stereocenters. The van der Waals surface area contributed by atoms with E-state index in [9.17, 15) is 0 Å². The monoisotopic (exact) mass is 241 g/mol. The van der Waals surface area contributed by atoms with E-state index in [4.69, 9.17) is 11.0 Å². The summed E-state index contributed by atoms with van der Waals surface area (Å²) in [5.74, 6) is 0. The van der Waals surface area contributed by atoms with Crippen LogP contribution in [0.1, 0.15) is 16.8 Å². The third-order valence-electron chi connectivity index (χ3n) is 2.99.